The highest BCUT2D eigenvalue weighted by Gasteiger charge is 2.14. The van der Waals surface area contributed by atoms with E-state index in [1.807, 2.05) is 0 Å². The number of nitrogens with one attached hydrogen (secondary N) is 1. The molecule has 1 atom stereocenters. The molecule has 0 amide bonds. The average Bonchev–Trinajstić information content (AvgIpc) is 2.43. The maximum atomic E-state index is 3.67. The number of hydrogen-bond donors (Lipinski definition) is 1. The van der Waals surface area contributed by atoms with E-state index in [1.54, 1.807) is 0 Å². The van der Waals surface area contributed by atoms with Gasteiger partial charge in [-0.1, -0.05) is 59.3 Å². The molecule has 0 heterocycles. The molecule has 2 rings (SSSR count). The van der Waals surface area contributed by atoms with Gasteiger partial charge in [0, 0.05) is 10.5 Å². The lowest BCUT2D eigenvalue weighted by Gasteiger charge is -2.20. The molecule has 1 nitrogen and oxygen atoms in total. The Morgan fingerprint density at radius 3 is 2.45 bits per heavy atom. The number of aryl methyl sites for hydroxylation is 2. The number of hydrogen-bond acceptors (Lipinski definition) is 1. The zero-order valence-corrected chi connectivity index (χ0v) is 14.0. The van der Waals surface area contributed by atoms with Crippen LogP contribution in [0.25, 0.3) is 0 Å². The summed E-state index contributed by atoms with van der Waals surface area (Å²) >= 11 is 3.67. The molecule has 0 aliphatic rings. The summed E-state index contributed by atoms with van der Waals surface area (Å²) in [5, 5.41) is 3.59. The van der Waals surface area contributed by atoms with Crippen LogP contribution >= 0.6 is 15.9 Å². The zero-order valence-electron chi connectivity index (χ0n) is 12.4. The lowest BCUT2D eigenvalue weighted by molar-refractivity contribution is 0.548. The minimum Gasteiger partial charge on any atom is -0.310 e. The van der Waals surface area contributed by atoms with E-state index < -0.39 is 0 Å². The van der Waals surface area contributed by atoms with Crippen molar-refractivity contribution in [2.45, 2.75) is 33.2 Å². The maximum absolute atomic E-state index is 3.67. The molecule has 2 heteroatoms. The van der Waals surface area contributed by atoms with Crippen LogP contribution in [0.5, 0.6) is 0 Å². The fourth-order valence-corrected chi connectivity index (χ4v) is 3.02. The summed E-state index contributed by atoms with van der Waals surface area (Å²) in [6, 6.07) is 15.6. The van der Waals surface area contributed by atoms with Gasteiger partial charge in [0.05, 0.1) is 0 Å². The first-order valence-corrected chi connectivity index (χ1v) is 7.95. The summed E-state index contributed by atoms with van der Waals surface area (Å²) in [7, 11) is 0. The molecule has 0 saturated carbocycles. The largest absolute Gasteiger partial charge is 0.310 e. The van der Waals surface area contributed by atoms with Crippen molar-refractivity contribution in [3.05, 3.63) is 69.2 Å². The maximum Gasteiger partial charge on any atom is 0.0372 e. The molecule has 0 spiro atoms. The third-order valence-electron chi connectivity index (χ3n) is 3.74. The average molecular weight is 332 g/mol. The van der Waals surface area contributed by atoms with Crippen LogP contribution in [0.2, 0.25) is 0 Å². The van der Waals surface area contributed by atoms with E-state index in [2.05, 4.69) is 84.5 Å². The van der Waals surface area contributed by atoms with E-state index in [9.17, 15) is 0 Å². The SMILES string of the molecule is CCNC(Cc1ccc(C)c(C)c1)c1ccccc1Br. The van der Waals surface area contributed by atoms with Gasteiger partial charge in [0.2, 0.25) is 0 Å². The van der Waals surface area contributed by atoms with E-state index >= 15 is 0 Å². The Morgan fingerprint density at radius 2 is 1.80 bits per heavy atom. The standard InChI is InChI=1S/C18H22BrN/c1-4-20-18(16-7-5-6-8-17(16)19)12-15-10-9-13(2)14(3)11-15/h5-11,18,20H,4,12H2,1-3H3. The van der Waals surface area contributed by atoms with Crippen molar-refractivity contribution in [3.8, 4) is 0 Å². The van der Waals surface area contributed by atoms with Crippen molar-refractivity contribution in [2.75, 3.05) is 6.54 Å². The summed E-state index contributed by atoms with van der Waals surface area (Å²) in [5.41, 5.74) is 5.43. The van der Waals surface area contributed by atoms with Crippen LogP contribution in [0.4, 0.5) is 0 Å². The lowest BCUT2D eigenvalue weighted by atomic mass is 9.96. The Morgan fingerprint density at radius 1 is 1.05 bits per heavy atom. The Bertz CT molecular complexity index is 577. The predicted molar refractivity (Wildman–Crippen MR) is 90.2 cm³/mol. The molecular formula is C18H22BrN. The van der Waals surface area contributed by atoms with Crippen LogP contribution in [0, 0.1) is 13.8 Å². The fourth-order valence-electron chi connectivity index (χ4n) is 2.46. The highest BCUT2D eigenvalue weighted by atomic mass is 79.9. The predicted octanol–water partition coefficient (Wildman–Crippen LogP) is 4.96. The number of halogens is 1. The van der Waals surface area contributed by atoms with Gasteiger partial charge < -0.3 is 5.32 Å². The van der Waals surface area contributed by atoms with Gasteiger partial charge in [-0.15, -0.1) is 0 Å². The van der Waals surface area contributed by atoms with Crippen LogP contribution in [0.15, 0.2) is 46.9 Å². The highest BCUT2D eigenvalue weighted by Crippen LogP contribution is 2.26. The van der Waals surface area contributed by atoms with Gasteiger partial charge in [0.25, 0.3) is 0 Å². The zero-order chi connectivity index (χ0) is 14.5. The molecule has 0 aliphatic carbocycles. The molecule has 0 radical (unpaired) electrons. The van der Waals surface area contributed by atoms with E-state index in [0.717, 1.165) is 13.0 Å². The van der Waals surface area contributed by atoms with E-state index in [0.29, 0.717) is 6.04 Å². The van der Waals surface area contributed by atoms with Gasteiger partial charge in [-0.05, 0) is 55.1 Å². The molecule has 0 aliphatic heterocycles. The van der Waals surface area contributed by atoms with Crippen molar-refractivity contribution in [1.29, 1.82) is 0 Å². The first-order chi connectivity index (χ1) is 9.61. The van der Waals surface area contributed by atoms with Gasteiger partial charge in [0.1, 0.15) is 0 Å². The normalized spacial score (nSPS) is 12.4. The molecule has 1 unspecified atom stereocenters. The van der Waals surface area contributed by atoms with Crippen LogP contribution < -0.4 is 5.32 Å². The summed E-state index contributed by atoms with van der Waals surface area (Å²) < 4.78 is 1.18. The van der Waals surface area contributed by atoms with Gasteiger partial charge in [-0.3, -0.25) is 0 Å². The monoisotopic (exact) mass is 331 g/mol. The Hall–Kier alpha value is -1.12. The Labute approximate surface area is 130 Å². The van der Waals surface area contributed by atoms with Crippen LogP contribution in [0.1, 0.15) is 35.2 Å². The number of likely N-dealkylation sites (N-methyl/N-ethyl adjacent to an activating group) is 1. The van der Waals surface area contributed by atoms with Crippen molar-refractivity contribution in [1.82, 2.24) is 5.32 Å². The molecule has 1 N–H and O–H groups in total. The van der Waals surface area contributed by atoms with Crippen molar-refractivity contribution >= 4 is 15.9 Å². The van der Waals surface area contributed by atoms with Gasteiger partial charge in [0.15, 0.2) is 0 Å². The Balaban J connectivity index is 2.25. The van der Waals surface area contributed by atoms with Crippen LogP contribution in [-0.4, -0.2) is 6.54 Å². The highest BCUT2D eigenvalue weighted by molar-refractivity contribution is 9.10. The lowest BCUT2D eigenvalue weighted by Crippen LogP contribution is -2.23. The molecule has 0 fully saturated rings. The molecule has 2 aromatic rings. The third kappa shape index (κ3) is 3.71. The molecule has 0 aromatic heterocycles. The van der Waals surface area contributed by atoms with E-state index in [1.165, 1.54) is 26.7 Å². The van der Waals surface area contributed by atoms with Gasteiger partial charge in [-0.25, -0.2) is 0 Å². The molecular weight excluding hydrogens is 310 g/mol. The quantitative estimate of drug-likeness (QED) is 0.816. The third-order valence-corrected chi connectivity index (χ3v) is 4.46. The van der Waals surface area contributed by atoms with E-state index in [4.69, 9.17) is 0 Å². The number of rotatable bonds is 5. The summed E-state index contributed by atoms with van der Waals surface area (Å²) in [6.45, 7) is 7.47. The molecule has 0 saturated heterocycles. The molecule has 20 heavy (non-hydrogen) atoms. The summed E-state index contributed by atoms with van der Waals surface area (Å²) in [5.74, 6) is 0. The second-order valence-corrected chi connectivity index (χ2v) is 6.11. The minimum atomic E-state index is 0.345. The molecule has 0 bridgehead atoms. The second kappa shape index (κ2) is 7.05. The minimum absolute atomic E-state index is 0.345. The first-order valence-electron chi connectivity index (χ1n) is 7.15. The first kappa shape index (κ1) is 15.3. The van der Waals surface area contributed by atoms with Crippen molar-refractivity contribution in [3.63, 3.8) is 0 Å². The summed E-state index contributed by atoms with van der Waals surface area (Å²) in [4.78, 5) is 0. The van der Waals surface area contributed by atoms with Crippen molar-refractivity contribution in [2.24, 2.45) is 0 Å². The Kier molecular flexibility index (Phi) is 5.38. The summed E-state index contributed by atoms with van der Waals surface area (Å²) in [6.07, 6.45) is 1.01. The van der Waals surface area contributed by atoms with Gasteiger partial charge >= 0.3 is 0 Å². The fraction of sp³-hybridized carbons (Fsp3) is 0.333. The molecule has 106 valence electrons. The van der Waals surface area contributed by atoms with Crippen molar-refractivity contribution < 1.29 is 0 Å². The van der Waals surface area contributed by atoms with Crippen LogP contribution in [0.3, 0.4) is 0 Å². The second-order valence-electron chi connectivity index (χ2n) is 5.25. The topological polar surface area (TPSA) is 12.0 Å². The van der Waals surface area contributed by atoms with E-state index in [-0.39, 0.29) is 0 Å². The smallest absolute Gasteiger partial charge is 0.0372 e. The van der Waals surface area contributed by atoms with Crippen LogP contribution in [-0.2, 0) is 6.42 Å². The molecule has 2 aromatic carbocycles. The van der Waals surface area contributed by atoms with Gasteiger partial charge in [-0.2, -0.15) is 0 Å². The number of benzene rings is 2.